The lowest BCUT2D eigenvalue weighted by Crippen LogP contribution is -2.42. The predicted molar refractivity (Wildman–Crippen MR) is 100 cm³/mol. The molecular formula is C19H28N2O2S. The van der Waals surface area contributed by atoms with Gasteiger partial charge in [0.25, 0.3) is 0 Å². The molecule has 0 aliphatic carbocycles. The van der Waals surface area contributed by atoms with Crippen molar-refractivity contribution < 1.29 is 9.59 Å². The number of anilines is 1. The first kappa shape index (κ1) is 18.8. The highest BCUT2D eigenvalue weighted by molar-refractivity contribution is 7.99. The molecule has 1 heterocycles. The first-order valence-electron chi connectivity index (χ1n) is 8.74. The zero-order valence-electron chi connectivity index (χ0n) is 15.1. The number of aryl methyl sites for hydroxylation is 1. The molecule has 2 unspecified atom stereocenters. The summed E-state index contributed by atoms with van der Waals surface area (Å²) in [4.78, 5) is 27.1. The van der Waals surface area contributed by atoms with Crippen molar-refractivity contribution in [3.05, 3.63) is 23.8 Å². The summed E-state index contributed by atoms with van der Waals surface area (Å²) in [6.07, 6.45) is 2.87. The Balaban J connectivity index is 1.99. The van der Waals surface area contributed by atoms with E-state index in [9.17, 15) is 9.59 Å². The number of benzene rings is 1. The van der Waals surface area contributed by atoms with E-state index < -0.39 is 0 Å². The van der Waals surface area contributed by atoms with Crippen molar-refractivity contribution in [1.82, 2.24) is 4.90 Å². The molecule has 0 aromatic heterocycles. The Labute approximate surface area is 149 Å². The molecule has 1 N–H and O–H groups in total. The fraction of sp³-hybridized carbons (Fsp3) is 0.579. The summed E-state index contributed by atoms with van der Waals surface area (Å²) < 4.78 is 0. The topological polar surface area (TPSA) is 49.4 Å². The molecule has 5 heteroatoms. The molecule has 0 radical (unpaired) electrons. The average Bonchev–Trinajstić information content (AvgIpc) is 2.57. The van der Waals surface area contributed by atoms with Crippen molar-refractivity contribution in [1.29, 1.82) is 0 Å². The van der Waals surface area contributed by atoms with E-state index >= 15 is 0 Å². The largest absolute Gasteiger partial charge is 0.342 e. The van der Waals surface area contributed by atoms with E-state index in [4.69, 9.17) is 0 Å². The third kappa shape index (κ3) is 5.00. The number of nitrogens with one attached hydrogen (secondary N) is 1. The number of amides is 2. The number of likely N-dealkylation sites (tertiary alicyclic amines) is 1. The van der Waals surface area contributed by atoms with Gasteiger partial charge in [0.05, 0.1) is 5.92 Å². The number of nitrogens with zero attached hydrogens (tertiary/aromatic N) is 1. The molecule has 1 fully saturated rings. The van der Waals surface area contributed by atoms with Gasteiger partial charge >= 0.3 is 0 Å². The van der Waals surface area contributed by atoms with Crippen LogP contribution >= 0.6 is 11.8 Å². The zero-order valence-corrected chi connectivity index (χ0v) is 15.9. The third-order valence-corrected chi connectivity index (χ3v) is 5.87. The van der Waals surface area contributed by atoms with Crippen LogP contribution in [0.15, 0.2) is 23.1 Å². The van der Waals surface area contributed by atoms with Gasteiger partial charge in [-0.1, -0.05) is 13.8 Å². The Morgan fingerprint density at radius 2 is 2.17 bits per heavy atom. The number of rotatable bonds is 5. The molecule has 2 amide bonds. The molecule has 0 bridgehead atoms. The molecule has 1 aromatic carbocycles. The summed E-state index contributed by atoms with van der Waals surface area (Å²) in [7, 11) is 0. The second kappa shape index (κ2) is 8.56. The summed E-state index contributed by atoms with van der Waals surface area (Å²) in [6.45, 7) is 9.30. The van der Waals surface area contributed by atoms with Crippen molar-refractivity contribution in [3.63, 3.8) is 0 Å². The van der Waals surface area contributed by atoms with Crippen LogP contribution in [0.4, 0.5) is 5.69 Å². The number of thioether (sulfide) groups is 1. The van der Waals surface area contributed by atoms with Crippen LogP contribution in [0.3, 0.4) is 0 Å². The van der Waals surface area contributed by atoms with E-state index in [-0.39, 0.29) is 17.7 Å². The first-order chi connectivity index (χ1) is 11.4. The molecule has 1 aliphatic heterocycles. The van der Waals surface area contributed by atoms with E-state index in [0.717, 1.165) is 37.1 Å². The summed E-state index contributed by atoms with van der Waals surface area (Å²) >= 11 is 1.86. The summed E-state index contributed by atoms with van der Waals surface area (Å²) in [5.74, 6) is -0.0438. The quantitative estimate of drug-likeness (QED) is 0.816. The standard InChI is InChI=1S/C19H28N2O2S/c1-5-14(3)24-17-8-9-18(13(2)11-17)20-19(23)16-7-6-10-21(12-16)15(4)22/h8-9,11,14,16H,5-7,10,12H2,1-4H3,(H,20,23). The monoisotopic (exact) mass is 348 g/mol. The van der Waals surface area contributed by atoms with E-state index in [1.807, 2.05) is 24.8 Å². The number of piperidine rings is 1. The van der Waals surface area contributed by atoms with Gasteiger partial charge in [0, 0.05) is 35.8 Å². The van der Waals surface area contributed by atoms with Crippen LogP contribution in [-0.4, -0.2) is 35.1 Å². The van der Waals surface area contributed by atoms with Crippen LogP contribution in [0, 0.1) is 12.8 Å². The third-order valence-electron chi connectivity index (χ3n) is 4.61. The zero-order chi connectivity index (χ0) is 17.7. The maximum absolute atomic E-state index is 12.5. The van der Waals surface area contributed by atoms with Gasteiger partial charge in [0.15, 0.2) is 0 Å². The Morgan fingerprint density at radius 1 is 1.42 bits per heavy atom. The minimum Gasteiger partial charge on any atom is -0.342 e. The molecule has 4 nitrogen and oxygen atoms in total. The van der Waals surface area contributed by atoms with Gasteiger partial charge in [-0.2, -0.15) is 0 Å². The van der Waals surface area contributed by atoms with Crippen LogP contribution in [0.25, 0.3) is 0 Å². The molecule has 1 aliphatic rings. The van der Waals surface area contributed by atoms with Crippen molar-refractivity contribution >= 4 is 29.3 Å². The summed E-state index contributed by atoms with van der Waals surface area (Å²) in [5.41, 5.74) is 1.95. The molecule has 24 heavy (non-hydrogen) atoms. The Bertz CT molecular complexity index is 603. The minimum absolute atomic E-state index is 0.0198. The lowest BCUT2D eigenvalue weighted by molar-refractivity contribution is -0.132. The Hall–Kier alpha value is -1.49. The molecule has 132 valence electrons. The van der Waals surface area contributed by atoms with Gasteiger partial charge in [-0.05, 0) is 49.9 Å². The number of hydrogen-bond acceptors (Lipinski definition) is 3. The normalized spacial score (nSPS) is 19.0. The summed E-state index contributed by atoms with van der Waals surface area (Å²) in [5, 5.41) is 3.64. The second-order valence-corrected chi connectivity index (χ2v) is 8.12. The smallest absolute Gasteiger partial charge is 0.229 e. The van der Waals surface area contributed by atoms with Gasteiger partial charge in [-0.25, -0.2) is 0 Å². The van der Waals surface area contributed by atoms with Gasteiger partial charge in [-0.3, -0.25) is 9.59 Å². The molecule has 1 saturated heterocycles. The number of carbonyl (C=O) groups excluding carboxylic acids is 2. The van der Waals surface area contributed by atoms with Crippen molar-refractivity contribution in [2.45, 2.75) is 57.1 Å². The van der Waals surface area contributed by atoms with Gasteiger partial charge in [0.1, 0.15) is 0 Å². The van der Waals surface area contributed by atoms with Crippen LogP contribution in [0.2, 0.25) is 0 Å². The van der Waals surface area contributed by atoms with Crippen molar-refractivity contribution in [2.24, 2.45) is 5.92 Å². The van der Waals surface area contributed by atoms with E-state index in [1.165, 1.54) is 4.90 Å². The van der Waals surface area contributed by atoms with Crippen LogP contribution in [-0.2, 0) is 9.59 Å². The Kier molecular flexibility index (Phi) is 6.72. The molecular weight excluding hydrogens is 320 g/mol. The lowest BCUT2D eigenvalue weighted by Gasteiger charge is -2.31. The van der Waals surface area contributed by atoms with Crippen LogP contribution < -0.4 is 5.32 Å². The van der Waals surface area contributed by atoms with Crippen molar-refractivity contribution in [3.8, 4) is 0 Å². The fourth-order valence-electron chi connectivity index (χ4n) is 2.88. The van der Waals surface area contributed by atoms with E-state index in [1.54, 1.807) is 11.8 Å². The molecule has 0 saturated carbocycles. The lowest BCUT2D eigenvalue weighted by atomic mass is 9.97. The van der Waals surface area contributed by atoms with E-state index in [0.29, 0.717) is 11.8 Å². The highest BCUT2D eigenvalue weighted by Crippen LogP contribution is 2.29. The molecule has 2 rings (SSSR count). The minimum atomic E-state index is -0.115. The van der Waals surface area contributed by atoms with Gasteiger partial charge in [0.2, 0.25) is 11.8 Å². The van der Waals surface area contributed by atoms with Crippen LogP contribution in [0.1, 0.15) is 45.6 Å². The predicted octanol–water partition coefficient (Wildman–Crippen LogP) is 4.08. The van der Waals surface area contributed by atoms with Crippen molar-refractivity contribution in [2.75, 3.05) is 18.4 Å². The summed E-state index contributed by atoms with van der Waals surface area (Å²) in [6, 6.07) is 6.20. The first-order valence-corrected chi connectivity index (χ1v) is 9.62. The Morgan fingerprint density at radius 3 is 2.79 bits per heavy atom. The second-order valence-electron chi connectivity index (χ2n) is 6.61. The fourth-order valence-corrected chi connectivity index (χ4v) is 3.90. The number of carbonyl (C=O) groups is 2. The SMILES string of the molecule is CCC(C)Sc1ccc(NC(=O)C2CCCN(C(C)=O)C2)c(C)c1. The maximum atomic E-state index is 12.5. The van der Waals surface area contributed by atoms with Gasteiger partial charge in [-0.15, -0.1) is 11.8 Å². The van der Waals surface area contributed by atoms with Gasteiger partial charge < -0.3 is 10.2 Å². The average molecular weight is 349 g/mol. The maximum Gasteiger partial charge on any atom is 0.229 e. The van der Waals surface area contributed by atoms with E-state index in [2.05, 4.69) is 31.3 Å². The molecule has 1 aromatic rings. The highest BCUT2D eigenvalue weighted by Gasteiger charge is 2.27. The highest BCUT2D eigenvalue weighted by atomic mass is 32.2. The molecule has 2 atom stereocenters. The van der Waals surface area contributed by atoms with Crippen LogP contribution in [0.5, 0.6) is 0 Å². The number of hydrogen-bond donors (Lipinski definition) is 1. The molecule has 0 spiro atoms.